The van der Waals surface area contributed by atoms with Crippen LogP contribution in [0.3, 0.4) is 0 Å². The minimum absolute atomic E-state index is 0. The fourth-order valence-electron chi connectivity index (χ4n) is 4.21. The van der Waals surface area contributed by atoms with Crippen LogP contribution in [0.2, 0.25) is 5.02 Å². The predicted octanol–water partition coefficient (Wildman–Crippen LogP) is 5.42. The van der Waals surface area contributed by atoms with Crippen molar-refractivity contribution in [1.29, 1.82) is 0 Å². The second kappa shape index (κ2) is 11.5. The second-order valence-electron chi connectivity index (χ2n) is 8.19. The van der Waals surface area contributed by atoms with Gasteiger partial charge in [0.2, 0.25) is 0 Å². The van der Waals surface area contributed by atoms with Gasteiger partial charge >= 0.3 is 6.55 Å². The van der Waals surface area contributed by atoms with Crippen molar-refractivity contribution < 1.29 is 17.2 Å². The minimum Gasteiger partial charge on any atom is -0.301 e. The molecule has 6 nitrogen and oxygen atoms in total. The van der Waals surface area contributed by atoms with E-state index in [1.807, 2.05) is 0 Å². The molecule has 2 unspecified atom stereocenters. The quantitative estimate of drug-likeness (QED) is 0.355. The molecule has 0 amide bonds. The Bertz CT molecular complexity index is 1070. The summed E-state index contributed by atoms with van der Waals surface area (Å²) >= 11 is 12.4. The van der Waals surface area contributed by atoms with E-state index in [0.29, 0.717) is 11.6 Å². The summed E-state index contributed by atoms with van der Waals surface area (Å²) in [5.74, 6) is 0.555. The lowest BCUT2D eigenvalue weighted by atomic mass is 9.91. The maximum Gasteiger partial charge on any atom is 0.328 e. The number of hydrogen-bond donors (Lipinski definition) is 1. The van der Waals surface area contributed by atoms with E-state index in [-0.39, 0.29) is 43.5 Å². The average molecular weight is 546 g/mol. The number of sulfonamides is 1. The molecule has 1 aliphatic heterocycles. The van der Waals surface area contributed by atoms with Crippen LogP contribution in [0.15, 0.2) is 23.1 Å². The van der Waals surface area contributed by atoms with Gasteiger partial charge in [-0.1, -0.05) is 17.7 Å². The summed E-state index contributed by atoms with van der Waals surface area (Å²) in [5, 5.41) is 7.21. The fraction of sp³-hybridized carbons (Fsp3) is 0.571. The van der Waals surface area contributed by atoms with Crippen LogP contribution in [0.5, 0.6) is 0 Å². The van der Waals surface area contributed by atoms with Crippen molar-refractivity contribution in [2.45, 2.75) is 62.9 Å². The van der Waals surface area contributed by atoms with Gasteiger partial charge < -0.3 is 5.32 Å². The lowest BCUT2D eigenvalue weighted by molar-refractivity contribution is 0.161. The Balaban J connectivity index is 0.00000385. The first-order valence-corrected chi connectivity index (χ1v) is 12.8. The van der Waals surface area contributed by atoms with Gasteiger partial charge in [-0.05, 0) is 76.1 Å². The van der Waals surface area contributed by atoms with Crippen molar-refractivity contribution in [1.82, 2.24) is 15.1 Å². The molecule has 33 heavy (non-hydrogen) atoms. The van der Waals surface area contributed by atoms with E-state index >= 15 is 0 Å². The summed E-state index contributed by atoms with van der Waals surface area (Å²) in [6.45, 7) is 0.661. The molecule has 3 rings (SSSR count). The zero-order valence-corrected chi connectivity index (χ0v) is 21.8. The van der Waals surface area contributed by atoms with Crippen molar-refractivity contribution in [3.05, 3.63) is 40.2 Å². The molecule has 186 valence electrons. The van der Waals surface area contributed by atoms with Gasteiger partial charge in [0.15, 0.2) is 0 Å². The molecule has 0 bridgehead atoms. The van der Waals surface area contributed by atoms with Crippen molar-refractivity contribution in [3.8, 4) is 0 Å². The minimum atomic E-state index is -4.60. The van der Waals surface area contributed by atoms with E-state index in [4.69, 9.17) is 23.2 Å². The van der Waals surface area contributed by atoms with E-state index in [9.17, 15) is 17.2 Å². The highest BCUT2D eigenvalue weighted by Crippen LogP contribution is 2.35. The molecule has 2 aromatic rings. The lowest BCUT2D eigenvalue weighted by Crippen LogP contribution is -2.36. The van der Waals surface area contributed by atoms with Gasteiger partial charge in [0, 0.05) is 7.05 Å². The molecule has 0 radical (unpaired) electrons. The van der Waals surface area contributed by atoms with Gasteiger partial charge in [0.1, 0.15) is 10.6 Å². The van der Waals surface area contributed by atoms with Crippen molar-refractivity contribution in [2.24, 2.45) is 13.0 Å². The highest BCUT2D eigenvalue weighted by Gasteiger charge is 2.37. The molecular formula is C21H29Cl3F2N4O2S. The molecule has 1 aliphatic rings. The molecule has 1 aromatic heterocycles. The van der Waals surface area contributed by atoms with E-state index in [1.165, 1.54) is 17.7 Å². The van der Waals surface area contributed by atoms with Crippen LogP contribution in [0, 0.1) is 19.8 Å². The summed E-state index contributed by atoms with van der Waals surface area (Å²) in [6, 6.07) is 4.49. The van der Waals surface area contributed by atoms with Crippen LogP contribution in [0.4, 0.5) is 14.5 Å². The van der Waals surface area contributed by atoms with E-state index in [0.717, 1.165) is 44.2 Å². The summed E-state index contributed by atoms with van der Waals surface area (Å²) in [7, 11) is -3.03. The molecular weight excluding hydrogens is 517 g/mol. The molecule has 1 fully saturated rings. The molecule has 1 aromatic carbocycles. The SMILES string of the molecule is Cc1nn(C)c(C)c1N(C(F)F)S(=O)(=O)c1ccc(CCCC2CCNC(Cl)C2)cc1Cl.Cl. The maximum atomic E-state index is 14.0. The number of aromatic nitrogens is 2. The number of anilines is 1. The Labute approximate surface area is 210 Å². The average Bonchev–Trinajstić information content (AvgIpc) is 2.94. The smallest absolute Gasteiger partial charge is 0.301 e. The van der Waals surface area contributed by atoms with Crippen LogP contribution in [-0.2, 0) is 23.5 Å². The van der Waals surface area contributed by atoms with Gasteiger partial charge in [-0.15, -0.1) is 24.0 Å². The number of benzene rings is 1. The largest absolute Gasteiger partial charge is 0.328 e. The number of piperidine rings is 1. The van der Waals surface area contributed by atoms with Crippen LogP contribution in [0.25, 0.3) is 0 Å². The van der Waals surface area contributed by atoms with E-state index in [1.54, 1.807) is 26.1 Å². The van der Waals surface area contributed by atoms with E-state index < -0.39 is 16.6 Å². The van der Waals surface area contributed by atoms with Gasteiger partial charge in [-0.3, -0.25) is 4.68 Å². The third kappa shape index (κ3) is 6.31. The van der Waals surface area contributed by atoms with Crippen molar-refractivity contribution in [3.63, 3.8) is 0 Å². The third-order valence-electron chi connectivity index (χ3n) is 5.94. The van der Waals surface area contributed by atoms with Crippen LogP contribution in [0.1, 0.15) is 42.6 Å². The fourth-order valence-corrected chi connectivity index (χ4v) is 6.54. The zero-order valence-electron chi connectivity index (χ0n) is 18.7. The number of rotatable bonds is 8. The van der Waals surface area contributed by atoms with Crippen LogP contribution >= 0.6 is 35.6 Å². The summed E-state index contributed by atoms with van der Waals surface area (Å²) in [4.78, 5) is -0.353. The molecule has 12 heteroatoms. The van der Waals surface area contributed by atoms with Gasteiger partial charge in [0.25, 0.3) is 10.0 Å². The topological polar surface area (TPSA) is 67.2 Å². The summed E-state index contributed by atoms with van der Waals surface area (Å²) < 4.78 is 55.8. The molecule has 0 aliphatic carbocycles. The molecule has 1 saturated heterocycles. The van der Waals surface area contributed by atoms with Crippen molar-refractivity contribution >= 4 is 51.3 Å². The number of halogens is 5. The third-order valence-corrected chi connectivity index (χ3v) is 8.47. The summed E-state index contributed by atoms with van der Waals surface area (Å²) in [6.07, 6.45) is 4.65. The Morgan fingerprint density at radius 2 is 2.03 bits per heavy atom. The van der Waals surface area contributed by atoms with Gasteiger partial charge in [0.05, 0.1) is 21.9 Å². The Kier molecular flexibility index (Phi) is 9.82. The van der Waals surface area contributed by atoms with E-state index in [2.05, 4.69) is 10.4 Å². The Hall–Kier alpha value is -1.13. The Morgan fingerprint density at radius 1 is 1.33 bits per heavy atom. The number of aryl methyl sites for hydroxylation is 3. The zero-order chi connectivity index (χ0) is 23.6. The molecule has 2 heterocycles. The number of hydrogen-bond acceptors (Lipinski definition) is 4. The molecule has 0 saturated carbocycles. The van der Waals surface area contributed by atoms with Crippen LogP contribution < -0.4 is 9.62 Å². The second-order valence-corrected chi connectivity index (χ2v) is 10.9. The van der Waals surface area contributed by atoms with Gasteiger partial charge in [-0.2, -0.15) is 13.9 Å². The first kappa shape index (κ1) is 28.1. The normalized spacial score (nSPS) is 18.9. The highest BCUT2D eigenvalue weighted by atomic mass is 35.5. The predicted molar refractivity (Wildman–Crippen MR) is 130 cm³/mol. The van der Waals surface area contributed by atoms with Crippen molar-refractivity contribution in [2.75, 3.05) is 10.8 Å². The first-order chi connectivity index (χ1) is 15.0. The molecule has 2 atom stereocenters. The number of nitrogens with one attached hydrogen (secondary N) is 1. The number of nitrogens with zero attached hydrogens (tertiary/aromatic N) is 3. The molecule has 1 N–H and O–H groups in total. The van der Waals surface area contributed by atoms with Crippen LogP contribution in [-0.4, -0.2) is 36.8 Å². The highest BCUT2D eigenvalue weighted by molar-refractivity contribution is 7.93. The number of alkyl halides is 3. The summed E-state index contributed by atoms with van der Waals surface area (Å²) in [5.41, 5.74) is 1.25. The standard InChI is InChI=1S/C21H28Cl2F2N4O2S.ClH/c1-13-20(14(2)28(3)27-13)29(21(24)25)32(30,31)18-8-7-15(11-17(18)22)5-4-6-16-9-10-26-19(23)12-16;/h7-8,11,16,19,21,26H,4-6,9-10,12H2,1-3H3;1H. The Morgan fingerprint density at radius 3 is 2.58 bits per heavy atom. The monoisotopic (exact) mass is 544 g/mol. The first-order valence-electron chi connectivity index (χ1n) is 10.5. The molecule has 0 spiro atoms. The maximum absolute atomic E-state index is 14.0. The lowest BCUT2D eigenvalue weighted by Gasteiger charge is -2.26. The van der Waals surface area contributed by atoms with Gasteiger partial charge in [-0.25, -0.2) is 12.7 Å².